The first kappa shape index (κ1) is 19.0. The van der Waals surface area contributed by atoms with Crippen molar-refractivity contribution in [3.8, 4) is 0 Å². The van der Waals surface area contributed by atoms with E-state index >= 15 is 0 Å². The molecule has 4 bridgehead atoms. The summed E-state index contributed by atoms with van der Waals surface area (Å²) >= 11 is 12.2. The molecule has 5 atom stereocenters. The number of esters is 1. The first-order chi connectivity index (χ1) is 12.7. The third-order valence-electron chi connectivity index (χ3n) is 6.33. The number of ether oxygens (including phenoxy) is 1. The Morgan fingerprint density at radius 1 is 1.19 bits per heavy atom. The Kier molecular flexibility index (Phi) is 4.68. The number of nitrogens with one attached hydrogen (secondary N) is 1. The average molecular weight is 412 g/mol. The second-order valence-corrected chi connectivity index (χ2v) is 9.41. The molecule has 1 amide bonds. The lowest BCUT2D eigenvalue weighted by molar-refractivity contribution is -0.199. The molecular formula is C20H23Cl2NO4. The Bertz CT molecular complexity index is 762. The van der Waals surface area contributed by atoms with Crippen molar-refractivity contribution in [3.05, 3.63) is 28.2 Å². The second kappa shape index (κ2) is 6.64. The zero-order valence-corrected chi connectivity index (χ0v) is 16.6. The van der Waals surface area contributed by atoms with E-state index in [2.05, 4.69) is 5.32 Å². The maximum atomic E-state index is 13.0. The van der Waals surface area contributed by atoms with Crippen LogP contribution in [0.1, 0.15) is 45.4 Å². The lowest BCUT2D eigenvalue weighted by Gasteiger charge is -2.58. The van der Waals surface area contributed by atoms with Crippen LogP contribution in [0.25, 0.3) is 0 Å². The van der Waals surface area contributed by atoms with Gasteiger partial charge in [-0.1, -0.05) is 29.3 Å². The van der Waals surface area contributed by atoms with Gasteiger partial charge >= 0.3 is 5.97 Å². The van der Waals surface area contributed by atoms with Crippen LogP contribution in [0.4, 0.5) is 5.69 Å². The largest absolute Gasteiger partial charge is 0.452 e. The van der Waals surface area contributed by atoms with Gasteiger partial charge in [0, 0.05) is 0 Å². The molecule has 4 aliphatic carbocycles. The fourth-order valence-corrected chi connectivity index (χ4v) is 6.13. The van der Waals surface area contributed by atoms with Crippen molar-refractivity contribution < 1.29 is 19.4 Å². The first-order valence-corrected chi connectivity index (χ1v) is 10.1. The van der Waals surface area contributed by atoms with Gasteiger partial charge in [-0.15, -0.1) is 0 Å². The molecule has 1 aromatic rings. The number of hydrogen-bond acceptors (Lipinski definition) is 4. The number of carbonyl (C=O) groups excluding carboxylic acids is 2. The maximum Gasteiger partial charge on any atom is 0.312 e. The van der Waals surface area contributed by atoms with E-state index in [9.17, 15) is 14.7 Å². The highest BCUT2D eigenvalue weighted by Gasteiger charge is 2.61. The Balaban J connectivity index is 1.44. The van der Waals surface area contributed by atoms with Crippen molar-refractivity contribution in [1.82, 2.24) is 0 Å². The summed E-state index contributed by atoms with van der Waals surface area (Å²) in [7, 11) is 0. The number of benzene rings is 1. The summed E-state index contributed by atoms with van der Waals surface area (Å²) < 4.78 is 5.55. The van der Waals surface area contributed by atoms with Crippen LogP contribution in [0, 0.1) is 17.3 Å². The summed E-state index contributed by atoms with van der Waals surface area (Å²) in [6, 6.07) is 4.92. The molecule has 0 saturated heterocycles. The number of halogens is 2. The van der Waals surface area contributed by atoms with E-state index in [-0.39, 0.29) is 5.97 Å². The van der Waals surface area contributed by atoms with E-state index in [0.29, 0.717) is 34.0 Å². The van der Waals surface area contributed by atoms with E-state index < -0.39 is 23.0 Å². The molecule has 0 spiro atoms. The van der Waals surface area contributed by atoms with Gasteiger partial charge in [0.25, 0.3) is 5.91 Å². The lowest BCUT2D eigenvalue weighted by atomic mass is 9.48. The monoisotopic (exact) mass is 411 g/mol. The standard InChI is InChI=1S/C20H23Cl2NO4/c1-11(17(24)23-16-14(21)3-2-4-15(16)22)27-18(25)19-6-12-5-13(7-19)9-20(26,8-12)10-19/h2-4,11-13,26H,5-10H2,1H3,(H,23,24)/t11-,12-,13+,19?,20?/m1/s1. The Morgan fingerprint density at radius 2 is 1.78 bits per heavy atom. The molecule has 5 nitrogen and oxygen atoms in total. The van der Waals surface area contributed by atoms with Crippen LogP contribution >= 0.6 is 23.2 Å². The Labute approximate surface area is 168 Å². The number of anilines is 1. The van der Waals surface area contributed by atoms with Gasteiger partial charge in [0.05, 0.1) is 26.7 Å². The van der Waals surface area contributed by atoms with Crippen molar-refractivity contribution in [2.75, 3.05) is 5.32 Å². The minimum absolute atomic E-state index is 0.304. The second-order valence-electron chi connectivity index (χ2n) is 8.60. The zero-order chi connectivity index (χ0) is 19.4. The minimum atomic E-state index is -0.979. The summed E-state index contributed by atoms with van der Waals surface area (Å²) in [5.41, 5.74) is -1.10. The highest BCUT2D eigenvalue weighted by molar-refractivity contribution is 6.39. The molecule has 4 aliphatic rings. The molecule has 0 aliphatic heterocycles. The predicted octanol–water partition coefficient (Wildman–Crippen LogP) is 4.19. The van der Waals surface area contributed by atoms with Crippen LogP contribution in [0.3, 0.4) is 0 Å². The molecular weight excluding hydrogens is 389 g/mol. The number of amides is 1. The summed E-state index contributed by atoms with van der Waals surface area (Å²) in [5, 5.41) is 14.1. The third-order valence-corrected chi connectivity index (χ3v) is 6.96. The quantitative estimate of drug-likeness (QED) is 0.727. The third kappa shape index (κ3) is 3.45. The van der Waals surface area contributed by atoms with Crippen LogP contribution < -0.4 is 5.32 Å². The number of para-hydroxylation sites is 1. The van der Waals surface area contributed by atoms with E-state index in [4.69, 9.17) is 27.9 Å². The summed E-state index contributed by atoms with van der Waals surface area (Å²) in [5.74, 6) is -0.116. The van der Waals surface area contributed by atoms with Gasteiger partial charge in [-0.2, -0.15) is 0 Å². The topological polar surface area (TPSA) is 75.6 Å². The lowest BCUT2D eigenvalue weighted by Crippen LogP contribution is -2.59. The number of carbonyl (C=O) groups is 2. The van der Waals surface area contributed by atoms with Crippen LogP contribution in [-0.4, -0.2) is 28.7 Å². The Morgan fingerprint density at radius 3 is 2.33 bits per heavy atom. The molecule has 0 aromatic heterocycles. The van der Waals surface area contributed by atoms with Crippen LogP contribution in [0.2, 0.25) is 10.0 Å². The van der Waals surface area contributed by atoms with Gasteiger partial charge in [0.15, 0.2) is 6.10 Å². The minimum Gasteiger partial charge on any atom is -0.452 e. The fourth-order valence-electron chi connectivity index (χ4n) is 5.63. The first-order valence-electron chi connectivity index (χ1n) is 9.38. The van der Waals surface area contributed by atoms with Gasteiger partial charge in [-0.25, -0.2) is 0 Å². The Hall–Kier alpha value is -1.30. The van der Waals surface area contributed by atoms with Gasteiger partial charge in [0.2, 0.25) is 0 Å². The van der Waals surface area contributed by atoms with Gasteiger partial charge < -0.3 is 15.2 Å². The zero-order valence-electron chi connectivity index (χ0n) is 15.1. The molecule has 4 saturated carbocycles. The van der Waals surface area contributed by atoms with Gasteiger partial charge in [-0.3, -0.25) is 9.59 Å². The summed E-state index contributed by atoms with van der Waals surface area (Å²) in [6.45, 7) is 1.53. The molecule has 0 heterocycles. The molecule has 1 aromatic carbocycles. The molecule has 2 N–H and O–H groups in total. The number of rotatable bonds is 4. The molecule has 146 valence electrons. The molecule has 2 unspecified atom stereocenters. The van der Waals surface area contributed by atoms with Gasteiger partial charge in [0.1, 0.15) is 0 Å². The number of hydrogen-bond donors (Lipinski definition) is 2. The highest BCUT2D eigenvalue weighted by Crippen LogP contribution is 2.62. The van der Waals surface area contributed by atoms with E-state index in [0.717, 1.165) is 32.1 Å². The number of aliphatic hydroxyl groups is 1. The smallest absolute Gasteiger partial charge is 0.312 e. The van der Waals surface area contributed by atoms with E-state index in [1.165, 1.54) is 6.92 Å². The summed E-state index contributed by atoms with van der Waals surface area (Å²) in [6.07, 6.45) is 3.59. The van der Waals surface area contributed by atoms with Crippen LogP contribution in [-0.2, 0) is 14.3 Å². The van der Waals surface area contributed by atoms with Crippen molar-refractivity contribution in [3.63, 3.8) is 0 Å². The SMILES string of the molecule is C[C@@H](OC(=O)C12C[C@@H]3C[C@@H](CC(O)(C3)C1)C2)C(=O)Nc1c(Cl)cccc1Cl. The molecule has 7 heteroatoms. The molecule has 27 heavy (non-hydrogen) atoms. The maximum absolute atomic E-state index is 13.0. The van der Waals surface area contributed by atoms with Crippen molar-refractivity contribution in [2.24, 2.45) is 17.3 Å². The fraction of sp³-hybridized carbons (Fsp3) is 0.600. The van der Waals surface area contributed by atoms with Crippen LogP contribution in [0.15, 0.2) is 18.2 Å². The average Bonchev–Trinajstić information content (AvgIpc) is 2.55. The van der Waals surface area contributed by atoms with Crippen molar-refractivity contribution >= 4 is 40.8 Å². The summed E-state index contributed by atoms with van der Waals surface area (Å²) in [4.78, 5) is 25.5. The van der Waals surface area contributed by atoms with Crippen molar-refractivity contribution in [2.45, 2.75) is 57.2 Å². The van der Waals surface area contributed by atoms with E-state index in [1.807, 2.05) is 0 Å². The van der Waals surface area contributed by atoms with Gasteiger partial charge in [-0.05, 0) is 69.4 Å². The van der Waals surface area contributed by atoms with Crippen molar-refractivity contribution in [1.29, 1.82) is 0 Å². The molecule has 5 rings (SSSR count). The van der Waals surface area contributed by atoms with Crippen LogP contribution in [0.5, 0.6) is 0 Å². The predicted molar refractivity (Wildman–Crippen MR) is 103 cm³/mol. The normalized spacial score (nSPS) is 35.0. The molecule has 0 radical (unpaired) electrons. The van der Waals surface area contributed by atoms with E-state index in [1.54, 1.807) is 18.2 Å². The molecule has 4 fully saturated rings. The highest BCUT2D eigenvalue weighted by atomic mass is 35.5.